The van der Waals surface area contributed by atoms with Crippen LogP contribution in [-0.4, -0.2) is 33.6 Å². The molecule has 0 fully saturated rings. The number of para-hydroxylation sites is 2. The summed E-state index contributed by atoms with van der Waals surface area (Å²) in [5.74, 6) is 7.25. The number of hydrogen-bond donors (Lipinski definition) is 2. The van der Waals surface area contributed by atoms with Gasteiger partial charge < -0.3 is 15.9 Å². The number of nitrogen functional groups attached to an aromatic ring is 1. The Morgan fingerprint density at radius 1 is 1.19 bits per heavy atom. The van der Waals surface area contributed by atoms with Crippen LogP contribution in [0.25, 0.3) is 11.4 Å². The second-order valence-corrected chi connectivity index (χ2v) is 6.47. The van der Waals surface area contributed by atoms with Crippen molar-refractivity contribution in [3.63, 3.8) is 0 Å². The van der Waals surface area contributed by atoms with E-state index in [1.807, 2.05) is 43.3 Å². The fourth-order valence-corrected chi connectivity index (χ4v) is 3.10. The van der Waals surface area contributed by atoms with Gasteiger partial charge in [-0.1, -0.05) is 48.2 Å². The summed E-state index contributed by atoms with van der Waals surface area (Å²) >= 11 is 1.22. The van der Waals surface area contributed by atoms with E-state index in [9.17, 15) is 4.79 Å². The third kappa shape index (κ3) is 3.80. The van der Waals surface area contributed by atoms with E-state index in [2.05, 4.69) is 15.5 Å². The van der Waals surface area contributed by atoms with Crippen LogP contribution in [0.2, 0.25) is 0 Å². The largest absolute Gasteiger partial charge is 0.495 e. The van der Waals surface area contributed by atoms with E-state index in [0.717, 1.165) is 11.1 Å². The maximum absolute atomic E-state index is 12.2. The Kier molecular flexibility index (Phi) is 5.43. The number of aryl methyl sites for hydroxylation is 1. The predicted octanol–water partition coefficient (Wildman–Crippen LogP) is 2.71. The standard InChI is InChI=1S/C18H19N5O2S/c1-12-7-3-4-8-13(12)17-21-22-18(23(17)19)26-11-16(24)20-14-9-5-6-10-15(14)25-2/h3-10H,11,19H2,1-2H3,(H,20,24). The molecule has 0 aliphatic heterocycles. The van der Waals surface area contributed by atoms with E-state index in [4.69, 9.17) is 10.6 Å². The molecule has 1 aromatic heterocycles. The first kappa shape index (κ1) is 17.8. The van der Waals surface area contributed by atoms with Crippen molar-refractivity contribution < 1.29 is 9.53 Å². The Balaban J connectivity index is 1.67. The van der Waals surface area contributed by atoms with Gasteiger partial charge in [0.1, 0.15) is 5.75 Å². The number of carbonyl (C=O) groups is 1. The van der Waals surface area contributed by atoms with Crippen molar-refractivity contribution in [3.05, 3.63) is 54.1 Å². The zero-order chi connectivity index (χ0) is 18.5. The molecule has 0 atom stereocenters. The van der Waals surface area contributed by atoms with Crippen molar-refractivity contribution in [2.45, 2.75) is 12.1 Å². The minimum atomic E-state index is -0.181. The van der Waals surface area contributed by atoms with Crippen LogP contribution < -0.4 is 15.9 Å². The number of methoxy groups -OCH3 is 1. The third-order valence-electron chi connectivity index (χ3n) is 3.76. The first-order valence-corrected chi connectivity index (χ1v) is 8.91. The fourth-order valence-electron chi connectivity index (χ4n) is 2.45. The minimum Gasteiger partial charge on any atom is -0.495 e. The molecule has 2 aromatic carbocycles. The van der Waals surface area contributed by atoms with Crippen LogP contribution in [0.15, 0.2) is 53.7 Å². The van der Waals surface area contributed by atoms with Crippen LogP contribution in [0, 0.1) is 6.92 Å². The Bertz CT molecular complexity index is 925. The molecule has 0 aliphatic rings. The number of carbonyl (C=O) groups excluding carboxylic acids is 1. The number of hydrogen-bond acceptors (Lipinski definition) is 6. The zero-order valence-electron chi connectivity index (χ0n) is 14.5. The molecule has 7 nitrogen and oxygen atoms in total. The predicted molar refractivity (Wildman–Crippen MR) is 103 cm³/mol. The van der Waals surface area contributed by atoms with E-state index in [0.29, 0.717) is 22.4 Å². The Hall–Kier alpha value is -3.00. The Labute approximate surface area is 155 Å². The molecule has 0 saturated carbocycles. The van der Waals surface area contributed by atoms with Gasteiger partial charge in [0.05, 0.1) is 18.6 Å². The minimum absolute atomic E-state index is 0.154. The number of amides is 1. The van der Waals surface area contributed by atoms with Gasteiger partial charge in [0, 0.05) is 5.56 Å². The lowest BCUT2D eigenvalue weighted by atomic mass is 10.1. The molecule has 0 unspecified atom stereocenters. The van der Waals surface area contributed by atoms with Gasteiger partial charge in [-0.15, -0.1) is 10.2 Å². The average molecular weight is 369 g/mol. The van der Waals surface area contributed by atoms with Crippen molar-refractivity contribution in [1.82, 2.24) is 14.9 Å². The number of ether oxygens (including phenoxy) is 1. The fraction of sp³-hybridized carbons (Fsp3) is 0.167. The SMILES string of the molecule is COc1ccccc1NC(=O)CSc1nnc(-c2ccccc2C)n1N. The summed E-state index contributed by atoms with van der Waals surface area (Å²) in [4.78, 5) is 12.2. The topological polar surface area (TPSA) is 95.1 Å². The number of thioether (sulfide) groups is 1. The number of rotatable bonds is 6. The molecule has 3 rings (SSSR count). The normalized spacial score (nSPS) is 10.5. The van der Waals surface area contributed by atoms with Crippen molar-refractivity contribution in [3.8, 4) is 17.1 Å². The monoisotopic (exact) mass is 369 g/mol. The maximum atomic E-state index is 12.2. The lowest BCUT2D eigenvalue weighted by Gasteiger charge is -2.09. The molecule has 26 heavy (non-hydrogen) atoms. The zero-order valence-corrected chi connectivity index (χ0v) is 15.3. The van der Waals surface area contributed by atoms with Gasteiger partial charge >= 0.3 is 0 Å². The summed E-state index contributed by atoms with van der Waals surface area (Å²) in [5.41, 5.74) is 2.58. The number of nitrogens with zero attached hydrogens (tertiary/aromatic N) is 3. The molecule has 134 valence electrons. The van der Waals surface area contributed by atoms with Crippen molar-refractivity contribution in [2.24, 2.45) is 0 Å². The van der Waals surface area contributed by atoms with Crippen LogP contribution in [0.5, 0.6) is 5.75 Å². The molecule has 1 heterocycles. The summed E-state index contributed by atoms with van der Waals surface area (Å²) in [6.07, 6.45) is 0. The first-order chi connectivity index (χ1) is 12.6. The second kappa shape index (κ2) is 7.92. The maximum Gasteiger partial charge on any atom is 0.234 e. The number of anilines is 1. The molecule has 0 spiro atoms. The van der Waals surface area contributed by atoms with Gasteiger partial charge in [0.2, 0.25) is 11.1 Å². The van der Waals surface area contributed by atoms with Crippen LogP contribution >= 0.6 is 11.8 Å². The van der Waals surface area contributed by atoms with Crippen LogP contribution in [0.3, 0.4) is 0 Å². The molecular formula is C18H19N5O2S. The molecule has 3 N–H and O–H groups in total. The highest BCUT2D eigenvalue weighted by atomic mass is 32.2. The van der Waals surface area contributed by atoms with E-state index in [1.165, 1.54) is 16.4 Å². The number of benzene rings is 2. The van der Waals surface area contributed by atoms with Gasteiger partial charge in [-0.2, -0.15) is 0 Å². The van der Waals surface area contributed by atoms with E-state index < -0.39 is 0 Å². The van der Waals surface area contributed by atoms with Crippen molar-refractivity contribution in [1.29, 1.82) is 0 Å². The molecule has 3 aromatic rings. The summed E-state index contributed by atoms with van der Waals surface area (Å²) in [6.45, 7) is 1.98. The van der Waals surface area contributed by atoms with E-state index in [1.54, 1.807) is 19.2 Å². The lowest BCUT2D eigenvalue weighted by molar-refractivity contribution is -0.113. The molecule has 0 saturated heterocycles. The molecular weight excluding hydrogens is 350 g/mol. The quantitative estimate of drug-likeness (QED) is 0.512. The van der Waals surface area contributed by atoms with Gasteiger partial charge in [-0.25, -0.2) is 4.68 Å². The Morgan fingerprint density at radius 2 is 1.92 bits per heavy atom. The van der Waals surface area contributed by atoms with Gasteiger partial charge in [-0.3, -0.25) is 4.79 Å². The van der Waals surface area contributed by atoms with Crippen LogP contribution in [-0.2, 0) is 4.79 Å². The van der Waals surface area contributed by atoms with Gasteiger partial charge in [0.25, 0.3) is 0 Å². The summed E-state index contributed by atoms with van der Waals surface area (Å²) in [5, 5.41) is 11.5. The number of nitrogens with one attached hydrogen (secondary N) is 1. The molecule has 8 heteroatoms. The molecule has 0 aliphatic carbocycles. The third-order valence-corrected chi connectivity index (χ3v) is 4.71. The van der Waals surface area contributed by atoms with E-state index in [-0.39, 0.29) is 11.7 Å². The second-order valence-electron chi connectivity index (χ2n) is 5.53. The van der Waals surface area contributed by atoms with Crippen molar-refractivity contribution in [2.75, 3.05) is 24.0 Å². The molecule has 0 bridgehead atoms. The summed E-state index contributed by atoms with van der Waals surface area (Å²) in [6, 6.07) is 15.0. The number of aromatic nitrogens is 3. The van der Waals surface area contributed by atoms with Gasteiger partial charge in [0.15, 0.2) is 5.82 Å². The first-order valence-electron chi connectivity index (χ1n) is 7.92. The van der Waals surface area contributed by atoms with Crippen LogP contribution in [0.1, 0.15) is 5.56 Å². The molecule has 0 radical (unpaired) electrons. The van der Waals surface area contributed by atoms with Gasteiger partial charge in [-0.05, 0) is 24.6 Å². The molecule has 1 amide bonds. The highest BCUT2D eigenvalue weighted by molar-refractivity contribution is 7.99. The summed E-state index contributed by atoms with van der Waals surface area (Å²) in [7, 11) is 1.56. The average Bonchev–Trinajstić information content (AvgIpc) is 3.01. The smallest absolute Gasteiger partial charge is 0.234 e. The van der Waals surface area contributed by atoms with E-state index >= 15 is 0 Å². The highest BCUT2D eigenvalue weighted by Crippen LogP contribution is 2.25. The van der Waals surface area contributed by atoms with Crippen LogP contribution in [0.4, 0.5) is 5.69 Å². The number of nitrogens with two attached hydrogens (primary N) is 1. The lowest BCUT2D eigenvalue weighted by Crippen LogP contribution is -2.17. The highest BCUT2D eigenvalue weighted by Gasteiger charge is 2.15. The Morgan fingerprint density at radius 3 is 2.69 bits per heavy atom. The summed E-state index contributed by atoms with van der Waals surface area (Å²) < 4.78 is 6.63. The van der Waals surface area contributed by atoms with Crippen molar-refractivity contribution >= 4 is 23.4 Å².